The van der Waals surface area contributed by atoms with E-state index in [2.05, 4.69) is 4.74 Å². The van der Waals surface area contributed by atoms with Crippen molar-refractivity contribution in [3.05, 3.63) is 95.1 Å². The van der Waals surface area contributed by atoms with E-state index >= 15 is 0 Å². The van der Waals surface area contributed by atoms with E-state index < -0.39 is 66.6 Å². The van der Waals surface area contributed by atoms with Crippen LogP contribution >= 0.6 is 0 Å². The average molecular weight is 721 g/mol. The van der Waals surface area contributed by atoms with Crippen molar-refractivity contribution in [2.24, 2.45) is 0 Å². The third-order valence-electron chi connectivity index (χ3n) is 7.79. The molecule has 0 aliphatic rings. The molecule has 0 spiro atoms. The summed E-state index contributed by atoms with van der Waals surface area (Å²) in [6, 6.07) is 12.8. The van der Waals surface area contributed by atoms with Crippen LogP contribution in [-0.2, 0) is 26.2 Å². The van der Waals surface area contributed by atoms with Gasteiger partial charge in [0.2, 0.25) is 0 Å². The molecule has 14 heteroatoms. The van der Waals surface area contributed by atoms with Crippen molar-refractivity contribution in [1.82, 2.24) is 0 Å². The minimum absolute atomic E-state index is 0.111. The highest BCUT2D eigenvalue weighted by molar-refractivity contribution is 5.81. The molecule has 0 N–H and O–H groups in total. The molecule has 0 fully saturated rings. The van der Waals surface area contributed by atoms with Crippen molar-refractivity contribution >= 4 is 11.8 Å². The van der Waals surface area contributed by atoms with Crippen molar-refractivity contribution in [3.8, 4) is 11.5 Å². The number of carbonyl (C=O) groups is 2. The second kappa shape index (κ2) is 18.1. The molecule has 3 aromatic rings. The molecule has 0 aliphatic heterocycles. The summed E-state index contributed by atoms with van der Waals surface area (Å²) in [5.41, 5.74) is -1.51. The molecular formula is C36H37F9O5. The van der Waals surface area contributed by atoms with Gasteiger partial charge in [-0.3, -0.25) is 9.59 Å². The van der Waals surface area contributed by atoms with Crippen molar-refractivity contribution in [1.29, 1.82) is 0 Å². The topological polar surface area (TPSA) is 61.8 Å². The summed E-state index contributed by atoms with van der Waals surface area (Å²) >= 11 is 0. The number of alkyl halides is 7. The van der Waals surface area contributed by atoms with Gasteiger partial charge >= 0.3 is 24.7 Å². The Bertz CT molecular complexity index is 1530. The van der Waals surface area contributed by atoms with Gasteiger partial charge in [0.15, 0.2) is 0 Å². The molecule has 3 rings (SSSR count). The van der Waals surface area contributed by atoms with E-state index in [1.165, 1.54) is 12.1 Å². The van der Waals surface area contributed by atoms with Crippen LogP contribution in [0.3, 0.4) is 0 Å². The molecule has 0 heterocycles. The van der Waals surface area contributed by atoms with Gasteiger partial charge in [0.25, 0.3) is 0 Å². The van der Waals surface area contributed by atoms with E-state index in [4.69, 9.17) is 9.47 Å². The van der Waals surface area contributed by atoms with Gasteiger partial charge in [0.1, 0.15) is 28.9 Å². The van der Waals surface area contributed by atoms with Crippen LogP contribution in [0, 0.1) is 11.6 Å². The lowest BCUT2D eigenvalue weighted by molar-refractivity contribution is -0.253. The van der Waals surface area contributed by atoms with Crippen LogP contribution in [0.2, 0.25) is 0 Å². The lowest BCUT2D eigenvalue weighted by atomic mass is 9.67. The third-order valence-corrected chi connectivity index (χ3v) is 7.79. The van der Waals surface area contributed by atoms with Crippen LogP contribution in [0.15, 0.2) is 66.7 Å². The minimum atomic E-state index is -5.02. The molecule has 0 saturated heterocycles. The SMILES string of the molecule is CCOC(=O)CCCCCCOc1ccc(C[C@@](CC(=O)CCC(F)(F)F)(c2ccc(F)cc2)c2cc(F)cc(OC(F)(F)C(F)F)c2)cc1. The lowest BCUT2D eigenvalue weighted by Gasteiger charge is -2.36. The molecule has 1 atom stereocenters. The van der Waals surface area contributed by atoms with Gasteiger partial charge in [-0.05, 0) is 79.3 Å². The molecule has 0 aliphatic carbocycles. The van der Waals surface area contributed by atoms with Crippen LogP contribution in [0.25, 0.3) is 0 Å². The van der Waals surface area contributed by atoms with Gasteiger partial charge in [-0.25, -0.2) is 8.78 Å². The maximum absolute atomic E-state index is 15.0. The number of esters is 1. The summed E-state index contributed by atoms with van der Waals surface area (Å²) in [6.07, 6.45) is -14.1. The normalized spacial score (nSPS) is 13.2. The Morgan fingerprint density at radius 2 is 1.40 bits per heavy atom. The van der Waals surface area contributed by atoms with Gasteiger partial charge in [0, 0.05) is 30.7 Å². The van der Waals surface area contributed by atoms with Crippen LogP contribution in [0.1, 0.15) is 75.0 Å². The molecule has 0 aromatic heterocycles. The molecule has 0 amide bonds. The fourth-order valence-electron chi connectivity index (χ4n) is 5.41. The fraction of sp³-hybridized carbons (Fsp3) is 0.444. The molecule has 0 unspecified atom stereocenters. The highest BCUT2D eigenvalue weighted by Crippen LogP contribution is 2.43. The predicted molar refractivity (Wildman–Crippen MR) is 165 cm³/mol. The molecule has 5 nitrogen and oxygen atoms in total. The number of hydrogen-bond acceptors (Lipinski definition) is 5. The summed E-state index contributed by atoms with van der Waals surface area (Å²) in [5, 5.41) is 0. The third kappa shape index (κ3) is 12.6. The number of ether oxygens (including phenoxy) is 3. The Labute approximate surface area is 283 Å². The van der Waals surface area contributed by atoms with E-state index in [1.54, 1.807) is 31.2 Å². The fourth-order valence-corrected chi connectivity index (χ4v) is 5.41. The number of halogens is 9. The lowest BCUT2D eigenvalue weighted by Crippen LogP contribution is -2.35. The molecule has 0 radical (unpaired) electrons. The minimum Gasteiger partial charge on any atom is -0.494 e. The quantitative estimate of drug-likeness (QED) is 0.0661. The van der Waals surface area contributed by atoms with E-state index in [1.807, 2.05) is 0 Å². The Kier molecular flexibility index (Phi) is 14.6. The second-order valence-electron chi connectivity index (χ2n) is 11.7. The molecule has 0 saturated carbocycles. The van der Waals surface area contributed by atoms with E-state index in [9.17, 15) is 49.1 Å². The van der Waals surface area contributed by atoms with Crippen LogP contribution in [0.4, 0.5) is 39.5 Å². The molecule has 274 valence electrons. The number of carbonyl (C=O) groups excluding carboxylic acids is 2. The van der Waals surface area contributed by atoms with Crippen LogP contribution in [0.5, 0.6) is 11.5 Å². The van der Waals surface area contributed by atoms with Gasteiger partial charge in [0.05, 0.1) is 19.6 Å². The maximum Gasteiger partial charge on any atom is 0.461 e. The zero-order valence-electron chi connectivity index (χ0n) is 27.1. The summed E-state index contributed by atoms with van der Waals surface area (Å²) in [7, 11) is 0. The van der Waals surface area contributed by atoms with Crippen molar-refractivity contribution < 1.29 is 63.3 Å². The average Bonchev–Trinajstić information content (AvgIpc) is 3.03. The number of rotatable bonds is 20. The van der Waals surface area contributed by atoms with E-state index in [0.29, 0.717) is 49.9 Å². The smallest absolute Gasteiger partial charge is 0.461 e. The Balaban J connectivity index is 1.94. The summed E-state index contributed by atoms with van der Waals surface area (Å²) < 4.78 is 137. The monoisotopic (exact) mass is 720 g/mol. The number of benzene rings is 3. The molecular weight excluding hydrogens is 683 g/mol. The largest absolute Gasteiger partial charge is 0.494 e. The summed E-state index contributed by atoms with van der Waals surface area (Å²) in [6.45, 7) is 2.40. The van der Waals surface area contributed by atoms with Gasteiger partial charge < -0.3 is 14.2 Å². The summed E-state index contributed by atoms with van der Waals surface area (Å²) in [4.78, 5) is 24.6. The van der Waals surface area contributed by atoms with Gasteiger partial charge in [-0.1, -0.05) is 37.1 Å². The highest BCUT2D eigenvalue weighted by Gasteiger charge is 2.45. The standard InChI is InChI=1S/C36H37F9O5/c1-2-48-32(47)7-5-3-4-6-18-49-30-14-8-24(9-15-30)22-34(25-10-12-27(37)13-11-25,23-29(46)16-17-35(41,42)43)26-19-28(38)21-31(20-26)50-36(44,45)33(39)40/h8-15,19-21,33H,2-7,16-18,22-23H2,1H3/t34-/m1/s1. The Morgan fingerprint density at radius 3 is 2.02 bits per heavy atom. The van der Waals surface area contributed by atoms with Gasteiger partial charge in [-0.2, -0.15) is 30.7 Å². The first-order valence-corrected chi connectivity index (χ1v) is 15.9. The number of ketones is 1. The number of hydrogen-bond donors (Lipinski definition) is 0. The van der Waals surface area contributed by atoms with Crippen molar-refractivity contribution in [2.75, 3.05) is 13.2 Å². The Morgan fingerprint density at radius 1 is 0.740 bits per heavy atom. The van der Waals surface area contributed by atoms with E-state index in [-0.39, 0.29) is 23.5 Å². The van der Waals surface area contributed by atoms with Crippen molar-refractivity contribution in [2.45, 2.75) is 88.8 Å². The number of Topliss-reactive ketones (excluding diaryl/α,β-unsaturated/α-hetero) is 1. The second-order valence-corrected chi connectivity index (χ2v) is 11.7. The van der Waals surface area contributed by atoms with Crippen molar-refractivity contribution in [3.63, 3.8) is 0 Å². The number of unbranched alkanes of at least 4 members (excludes halogenated alkanes) is 3. The molecule has 0 bridgehead atoms. The molecule has 3 aromatic carbocycles. The van der Waals surface area contributed by atoms with Crippen LogP contribution in [-0.4, -0.2) is 43.7 Å². The maximum atomic E-state index is 15.0. The van der Waals surface area contributed by atoms with Gasteiger partial charge in [-0.15, -0.1) is 0 Å². The first-order valence-electron chi connectivity index (χ1n) is 15.9. The summed E-state index contributed by atoms with van der Waals surface area (Å²) in [5.74, 6) is -3.70. The zero-order valence-corrected chi connectivity index (χ0v) is 27.1. The first kappa shape index (κ1) is 40.2. The Hall–Kier alpha value is -4.23. The molecule has 50 heavy (non-hydrogen) atoms. The first-order chi connectivity index (χ1) is 23.5. The van der Waals surface area contributed by atoms with E-state index in [0.717, 1.165) is 37.1 Å². The highest BCUT2D eigenvalue weighted by atomic mass is 19.4. The predicted octanol–water partition coefficient (Wildman–Crippen LogP) is 9.92. The zero-order chi connectivity index (χ0) is 37.0. The van der Waals surface area contributed by atoms with Crippen LogP contribution < -0.4 is 9.47 Å².